The predicted octanol–water partition coefficient (Wildman–Crippen LogP) is 1.60. The molecule has 1 heterocycles. The molecule has 0 aliphatic heterocycles. The van der Waals surface area contributed by atoms with Crippen LogP contribution in [0.4, 0.5) is 6.01 Å². The van der Waals surface area contributed by atoms with Gasteiger partial charge in [0.15, 0.2) is 0 Å². The van der Waals surface area contributed by atoms with Crippen LogP contribution in [-0.4, -0.2) is 16.3 Å². The van der Waals surface area contributed by atoms with Gasteiger partial charge in [0.1, 0.15) is 4.80 Å². The van der Waals surface area contributed by atoms with Crippen LogP contribution < -0.4 is 10.1 Å². The van der Waals surface area contributed by atoms with Crippen molar-refractivity contribution >= 4 is 11.9 Å². The molecule has 1 amide bonds. The summed E-state index contributed by atoms with van der Waals surface area (Å²) in [4.78, 5) is 13.2. The van der Waals surface area contributed by atoms with Crippen molar-refractivity contribution in [3.8, 4) is 5.69 Å². The lowest BCUT2D eigenvalue weighted by Crippen LogP contribution is -2.35. The highest BCUT2D eigenvalue weighted by Gasteiger charge is 2.18. The molecule has 0 saturated carbocycles. The topological polar surface area (TPSA) is 71.9 Å². The number of carbonyl (C=O) groups excluding carboxylic acids is 1. The van der Waals surface area contributed by atoms with Gasteiger partial charge in [-0.2, -0.15) is 0 Å². The maximum atomic E-state index is 11.9. The second-order valence-electron chi connectivity index (χ2n) is 4.02. The SMILES string of the molecule is O=C(Nc1n[n+](-c2ccccc2)no1)c1ccccc1. The molecule has 98 valence electrons. The van der Waals surface area contributed by atoms with E-state index in [9.17, 15) is 4.79 Å². The van der Waals surface area contributed by atoms with E-state index in [4.69, 9.17) is 4.52 Å². The third kappa shape index (κ3) is 2.54. The fraction of sp³-hybridized carbons (Fsp3) is 0. The summed E-state index contributed by atoms with van der Waals surface area (Å²) < 4.78 is 4.98. The zero-order chi connectivity index (χ0) is 13.8. The number of nitrogens with one attached hydrogen (secondary N) is 1. The van der Waals surface area contributed by atoms with Crippen LogP contribution in [-0.2, 0) is 0 Å². The van der Waals surface area contributed by atoms with Crippen molar-refractivity contribution in [3.05, 3.63) is 66.2 Å². The average molecular weight is 267 g/mol. The van der Waals surface area contributed by atoms with E-state index < -0.39 is 0 Å². The van der Waals surface area contributed by atoms with Crippen LogP contribution in [0.25, 0.3) is 5.69 Å². The molecular formula is C14H11N4O2+. The van der Waals surface area contributed by atoms with Gasteiger partial charge in [-0.3, -0.25) is 14.6 Å². The van der Waals surface area contributed by atoms with Gasteiger partial charge in [0.25, 0.3) is 11.6 Å². The van der Waals surface area contributed by atoms with E-state index in [1.54, 1.807) is 24.3 Å². The van der Waals surface area contributed by atoms with Gasteiger partial charge >= 0.3 is 6.01 Å². The normalized spacial score (nSPS) is 10.2. The molecule has 3 rings (SSSR count). The summed E-state index contributed by atoms with van der Waals surface area (Å²) in [6, 6.07) is 18.1. The predicted molar refractivity (Wildman–Crippen MR) is 70.2 cm³/mol. The monoisotopic (exact) mass is 267 g/mol. The summed E-state index contributed by atoms with van der Waals surface area (Å²) >= 11 is 0. The zero-order valence-electron chi connectivity index (χ0n) is 10.4. The van der Waals surface area contributed by atoms with E-state index in [-0.39, 0.29) is 11.9 Å². The van der Waals surface area contributed by atoms with Crippen molar-refractivity contribution < 1.29 is 14.1 Å². The molecule has 6 heteroatoms. The lowest BCUT2D eigenvalue weighted by atomic mass is 10.2. The van der Waals surface area contributed by atoms with Crippen LogP contribution in [0.15, 0.2) is 65.2 Å². The van der Waals surface area contributed by atoms with Crippen LogP contribution >= 0.6 is 0 Å². The van der Waals surface area contributed by atoms with E-state index >= 15 is 0 Å². The highest BCUT2D eigenvalue weighted by molar-refractivity contribution is 6.02. The Labute approximate surface area is 114 Å². The Morgan fingerprint density at radius 2 is 1.65 bits per heavy atom. The molecule has 1 aromatic heterocycles. The minimum Gasteiger partial charge on any atom is -0.269 e. The maximum Gasteiger partial charge on any atom is 0.396 e. The van der Waals surface area contributed by atoms with Gasteiger partial charge in [0, 0.05) is 17.7 Å². The van der Waals surface area contributed by atoms with Crippen molar-refractivity contribution in [3.63, 3.8) is 0 Å². The van der Waals surface area contributed by atoms with Crippen molar-refractivity contribution in [1.29, 1.82) is 0 Å². The Morgan fingerprint density at radius 1 is 1.00 bits per heavy atom. The first kappa shape index (κ1) is 12.0. The van der Waals surface area contributed by atoms with Crippen LogP contribution in [0.3, 0.4) is 0 Å². The van der Waals surface area contributed by atoms with Gasteiger partial charge in [0.05, 0.1) is 5.10 Å². The molecule has 0 saturated heterocycles. The summed E-state index contributed by atoms with van der Waals surface area (Å²) in [6.07, 6.45) is 0. The Balaban J connectivity index is 1.77. The fourth-order valence-electron chi connectivity index (χ4n) is 1.67. The Bertz CT molecular complexity index is 710. The standard InChI is InChI=1S/C14H10N4O2/c19-13(11-7-3-1-4-8-11)15-14-16-18(17-20-14)12-9-5-2-6-10-12/h1-10H/p+1. The van der Waals surface area contributed by atoms with Gasteiger partial charge in [-0.25, -0.2) is 0 Å². The number of anilines is 1. The molecule has 2 aromatic carbocycles. The number of carbonyl (C=O) groups is 1. The second-order valence-corrected chi connectivity index (χ2v) is 4.02. The number of hydrogen-bond acceptors (Lipinski definition) is 4. The first-order chi connectivity index (χ1) is 9.83. The van der Waals surface area contributed by atoms with Crippen LogP contribution in [0, 0.1) is 0 Å². The molecular weight excluding hydrogens is 256 g/mol. The van der Waals surface area contributed by atoms with Crippen molar-refractivity contribution in [2.24, 2.45) is 0 Å². The first-order valence-corrected chi connectivity index (χ1v) is 6.01. The van der Waals surface area contributed by atoms with Crippen LogP contribution in [0.5, 0.6) is 0 Å². The molecule has 0 aliphatic rings. The van der Waals surface area contributed by atoms with Crippen molar-refractivity contribution in [1.82, 2.24) is 10.4 Å². The minimum absolute atomic E-state index is 0.0442. The lowest BCUT2D eigenvalue weighted by molar-refractivity contribution is -0.724. The molecule has 3 aromatic rings. The average Bonchev–Trinajstić information content (AvgIpc) is 2.97. The zero-order valence-corrected chi connectivity index (χ0v) is 10.4. The molecule has 6 nitrogen and oxygen atoms in total. The minimum atomic E-state index is -0.297. The van der Waals surface area contributed by atoms with Gasteiger partial charge in [-0.1, -0.05) is 36.4 Å². The smallest absolute Gasteiger partial charge is 0.269 e. The van der Waals surface area contributed by atoms with Gasteiger partial charge < -0.3 is 0 Å². The fourth-order valence-corrected chi connectivity index (χ4v) is 1.67. The van der Waals surface area contributed by atoms with Crippen LogP contribution in [0.2, 0.25) is 0 Å². The number of amides is 1. The van der Waals surface area contributed by atoms with Crippen LogP contribution in [0.1, 0.15) is 10.4 Å². The Morgan fingerprint density at radius 3 is 2.35 bits per heavy atom. The Hall–Kier alpha value is -3.02. The molecule has 0 fully saturated rings. The summed E-state index contributed by atoms with van der Waals surface area (Å²) in [5, 5.41) is 10.4. The summed E-state index contributed by atoms with van der Waals surface area (Å²) in [5.74, 6) is -0.297. The van der Waals surface area contributed by atoms with Gasteiger partial charge in [0.2, 0.25) is 5.27 Å². The molecule has 0 spiro atoms. The maximum absolute atomic E-state index is 11.9. The molecule has 0 bridgehead atoms. The molecule has 0 radical (unpaired) electrons. The second kappa shape index (κ2) is 5.31. The van der Waals surface area contributed by atoms with E-state index in [0.717, 1.165) is 5.69 Å². The quantitative estimate of drug-likeness (QED) is 0.732. The summed E-state index contributed by atoms with van der Waals surface area (Å²) in [7, 11) is 0. The van der Waals surface area contributed by atoms with E-state index in [0.29, 0.717) is 5.56 Å². The van der Waals surface area contributed by atoms with Crippen molar-refractivity contribution in [2.75, 3.05) is 5.32 Å². The number of benzene rings is 2. The largest absolute Gasteiger partial charge is 0.396 e. The first-order valence-electron chi connectivity index (χ1n) is 6.01. The third-order valence-corrected chi connectivity index (χ3v) is 2.63. The summed E-state index contributed by atoms with van der Waals surface area (Å²) in [5.41, 5.74) is 1.27. The number of rotatable bonds is 3. The number of nitrogens with zero attached hydrogens (tertiary/aromatic N) is 3. The molecule has 0 aliphatic carbocycles. The summed E-state index contributed by atoms with van der Waals surface area (Å²) in [6.45, 7) is 0. The molecule has 0 unspecified atom stereocenters. The Kier molecular flexibility index (Phi) is 3.20. The molecule has 20 heavy (non-hydrogen) atoms. The lowest BCUT2D eigenvalue weighted by Gasteiger charge is -1.97. The van der Waals surface area contributed by atoms with E-state index in [1.807, 2.05) is 36.4 Å². The van der Waals surface area contributed by atoms with E-state index in [1.165, 1.54) is 4.80 Å². The molecule has 1 N–H and O–H groups in total. The molecule has 0 atom stereocenters. The number of para-hydroxylation sites is 1. The van der Waals surface area contributed by atoms with Gasteiger partial charge in [-0.05, 0) is 12.1 Å². The third-order valence-electron chi connectivity index (χ3n) is 2.63. The van der Waals surface area contributed by atoms with E-state index in [2.05, 4.69) is 15.7 Å². The van der Waals surface area contributed by atoms with Crippen molar-refractivity contribution in [2.45, 2.75) is 0 Å². The van der Waals surface area contributed by atoms with Gasteiger partial charge in [-0.15, -0.1) is 0 Å². The highest BCUT2D eigenvalue weighted by Crippen LogP contribution is 2.04. The number of aromatic nitrogens is 3. The number of hydrogen-bond donors (Lipinski definition) is 1. The highest BCUT2D eigenvalue weighted by atomic mass is 16.5.